The molecular weight excluding hydrogens is 190 g/mol. The lowest BCUT2D eigenvalue weighted by Gasteiger charge is -2.17. The Hall–Kier alpha value is -1.60. The Kier molecular flexibility index (Phi) is 2.84. The lowest BCUT2D eigenvalue weighted by atomic mass is 10.2. The number of aliphatic hydroxyl groups excluding tert-OH is 1. The molecule has 0 bridgehead atoms. The highest BCUT2D eigenvalue weighted by Crippen LogP contribution is 2.22. The van der Waals surface area contributed by atoms with E-state index < -0.39 is 0 Å². The van der Waals surface area contributed by atoms with E-state index in [9.17, 15) is 5.11 Å². The van der Waals surface area contributed by atoms with Crippen LogP contribution < -0.4 is 5.32 Å². The molecule has 0 aromatic carbocycles. The van der Waals surface area contributed by atoms with E-state index in [2.05, 4.69) is 10.3 Å². The second kappa shape index (κ2) is 4.28. The van der Waals surface area contributed by atoms with Gasteiger partial charge in [0.05, 0.1) is 24.0 Å². The topological polar surface area (TPSA) is 68.9 Å². The molecular formula is C11H13N3O. The van der Waals surface area contributed by atoms with Gasteiger partial charge in [-0.05, 0) is 31.4 Å². The molecule has 0 saturated heterocycles. The molecule has 1 saturated carbocycles. The third kappa shape index (κ3) is 2.25. The van der Waals surface area contributed by atoms with Crippen molar-refractivity contribution in [3.8, 4) is 6.07 Å². The van der Waals surface area contributed by atoms with Gasteiger partial charge in [0, 0.05) is 0 Å². The van der Waals surface area contributed by atoms with Crippen molar-refractivity contribution in [3.05, 3.63) is 24.0 Å². The number of nitrogens with one attached hydrogen (secondary N) is 1. The molecule has 2 N–H and O–H groups in total. The minimum Gasteiger partial charge on any atom is -0.391 e. The summed E-state index contributed by atoms with van der Waals surface area (Å²) in [4.78, 5) is 3.96. The van der Waals surface area contributed by atoms with E-state index >= 15 is 0 Å². The standard InChI is InChI=1S/C11H13N3O/c12-6-8-4-5-9(7-13-8)14-10-2-1-3-11(10)15/h4-5,7,10-11,14-15H,1-3H2/t10-,11+/m0/s1. The molecule has 1 aromatic heterocycles. The molecule has 4 heteroatoms. The number of nitrogens with zero attached hydrogens (tertiary/aromatic N) is 2. The van der Waals surface area contributed by atoms with Crippen LogP contribution in [0, 0.1) is 11.3 Å². The summed E-state index contributed by atoms with van der Waals surface area (Å²) < 4.78 is 0. The highest BCUT2D eigenvalue weighted by Gasteiger charge is 2.24. The number of anilines is 1. The van der Waals surface area contributed by atoms with Crippen molar-refractivity contribution in [2.75, 3.05) is 5.32 Å². The Bertz CT molecular complexity index is 368. The molecule has 4 nitrogen and oxygen atoms in total. The van der Waals surface area contributed by atoms with E-state index in [1.54, 1.807) is 12.3 Å². The molecule has 1 aliphatic rings. The molecule has 0 spiro atoms. The first-order valence-electron chi connectivity index (χ1n) is 5.10. The predicted molar refractivity (Wildman–Crippen MR) is 56.2 cm³/mol. The maximum absolute atomic E-state index is 9.62. The van der Waals surface area contributed by atoms with Crippen LogP contribution in [0.1, 0.15) is 25.0 Å². The summed E-state index contributed by atoms with van der Waals surface area (Å²) >= 11 is 0. The van der Waals surface area contributed by atoms with Crippen molar-refractivity contribution in [1.82, 2.24) is 4.98 Å². The maximum Gasteiger partial charge on any atom is 0.140 e. The van der Waals surface area contributed by atoms with Crippen LogP contribution in [-0.2, 0) is 0 Å². The van der Waals surface area contributed by atoms with Crippen molar-refractivity contribution in [3.63, 3.8) is 0 Å². The van der Waals surface area contributed by atoms with Gasteiger partial charge in [0.15, 0.2) is 0 Å². The van der Waals surface area contributed by atoms with Crippen molar-refractivity contribution < 1.29 is 5.11 Å². The van der Waals surface area contributed by atoms with Gasteiger partial charge in [-0.3, -0.25) is 0 Å². The largest absolute Gasteiger partial charge is 0.391 e. The monoisotopic (exact) mass is 203 g/mol. The smallest absolute Gasteiger partial charge is 0.140 e. The Morgan fingerprint density at radius 2 is 2.33 bits per heavy atom. The van der Waals surface area contributed by atoms with Crippen LogP contribution >= 0.6 is 0 Å². The lowest BCUT2D eigenvalue weighted by Crippen LogP contribution is -2.27. The summed E-state index contributed by atoms with van der Waals surface area (Å²) in [5.41, 5.74) is 1.27. The second-order valence-electron chi connectivity index (χ2n) is 3.79. The van der Waals surface area contributed by atoms with Crippen LogP contribution in [0.15, 0.2) is 18.3 Å². The van der Waals surface area contributed by atoms with Gasteiger partial charge in [0.2, 0.25) is 0 Å². The summed E-state index contributed by atoms with van der Waals surface area (Å²) in [5.74, 6) is 0. The molecule has 1 fully saturated rings. The Balaban J connectivity index is 2.02. The number of hydrogen-bond acceptors (Lipinski definition) is 4. The third-order valence-corrected chi connectivity index (χ3v) is 2.71. The average molecular weight is 203 g/mol. The number of aromatic nitrogens is 1. The molecule has 0 aliphatic heterocycles. The summed E-state index contributed by atoms with van der Waals surface area (Å²) in [6, 6.07) is 5.58. The molecule has 1 heterocycles. The normalized spacial score (nSPS) is 24.8. The van der Waals surface area contributed by atoms with E-state index in [0.717, 1.165) is 24.9 Å². The van der Waals surface area contributed by atoms with Gasteiger partial charge in [0.25, 0.3) is 0 Å². The first-order chi connectivity index (χ1) is 7.29. The Morgan fingerprint density at radius 1 is 1.47 bits per heavy atom. The molecule has 1 aliphatic carbocycles. The van der Waals surface area contributed by atoms with Crippen molar-refractivity contribution in [1.29, 1.82) is 5.26 Å². The van der Waals surface area contributed by atoms with Crippen molar-refractivity contribution in [2.24, 2.45) is 0 Å². The Morgan fingerprint density at radius 3 is 2.87 bits per heavy atom. The van der Waals surface area contributed by atoms with E-state index in [1.807, 2.05) is 12.1 Å². The fourth-order valence-corrected chi connectivity index (χ4v) is 1.87. The van der Waals surface area contributed by atoms with E-state index in [1.165, 1.54) is 0 Å². The molecule has 15 heavy (non-hydrogen) atoms. The molecule has 1 aromatic rings. The van der Waals surface area contributed by atoms with E-state index in [4.69, 9.17) is 5.26 Å². The van der Waals surface area contributed by atoms with Gasteiger partial charge in [-0.15, -0.1) is 0 Å². The van der Waals surface area contributed by atoms with E-state index in [0.29, 0.717) is 5.69 Å². The first-order valence-corrected chi connectivity index (χ1v) is 5.10. The quantitative estimate of drug-likeness (QED) is 0.759. The third-order valence-electron chi connectivity index (χ3n) is 2.71. The van der Waals surface area contributed by atoms with Crippen molar-refractivity contribution >= 4 is 5.69 Å². The van der Waals surface area contributed by atoms with Gasteiger partial charge >= 0.3 is 0 Å². The summed E-state index contributed by atoms with van der Waals surface area (Å²) in [6.07, 6.45) is 4.27. The average Bonchev–Trinajstić information content (AvgIpc) is 2.66. The van der Waals surface area contributed by atoms with Crippen LogP contribution in [0.5, 0.6) is 0 Å². The molecule has 0 amide bonds. The molecule has 78 valence electrons. The highest BCUT2D eigenvalue weighted by atomic mass is 16.3. The Labute approximate surface area is 88.6 Å². The summed E-state index contributed by atoms with van der Waals surface area (Å²) in [6.45, 7) is 0. The fraction of sp³-hybridized carbons (Fsp3) is 0.455. The second-order valence-corrected chi connectivity index (χ2v) is 3.79. The molecule has 0 unspecified atom stereocenters. The predicted octanol–water partition coefficient (Wildman–Crippen LogP) is 1.28. The van der Waals surface area contributed by atoms with Gasteiger partial charge in [0.1, 0.15) is 11.8 Å². The van der Waals surface area contributed by atoms with E-state index in [-0.39, 0.29) is 12.1 Å². The fourth-order valence-electron chi connectivity index (χ4n) is 1.87. The van der Waals surface area contributed by atoms with Crippen molar-refractivity contribution in [2.45, 2.75) is 31.4 Å². The molecule has 2 rings (SSSR count). The van der Waals surface area contributed by atoms with Gasteiger partial charge in [-0.2, -0.15) is 5.26 Å². The lowest BCUT2D eigenvalue weighted by molar-refractivity contribution is 0.172. The molecule has 0 radical (unpaired) electrons. The van der Waals surface area contributed by atoms with Crippen LogP contribution in [0.3, 0.4) is 0 Å². The zero-order valence-corrected chi connectivity index (χ0v) is 8.35. The number of pyridine rings is 1. The van der Waals surface area contributed by atoms with Gasteiger partial charge < -0.3 is 10.4 Å². The van der Waals surface area contributed by atoms with Crippen LogP contribution in [0.2, 0.25) is 0 Å². The van der Waals surface area contributed by atoms with Gasteiger partial charge in [-0.1, -0.05) is 0 Å². The van der Waals surface area contributed by atoms with Crippen LogP contribution in [0.4, 0.5) is 5.69 Å². The number of hydrogen-bond donors (Lipinski definition) is 2. The SMILES string of the molecule is N#Cc1ccc(N[C@H]2CCC[C@H]2O)cn1. The maximum atomic E-state index is 9.62. The number of nitriles is 1. The zero-order chi connectivity index (χ0) is 10.7. The number of rotatable bonds is 2. The summed E-state index contributed by atoms with van der Waals surface area (Å²) in [5, 5.41) is 21.4. The minimum absolute atomic E-state index is 0.125. The van der Waals surface area contributed by atoms with Crippen LogP contribution in [-0.4, -0.2) is 22.2 Å². The number of aliphatic hydroxyl groups is 1. The summed E-state index contributed by atoms with van der Waals surface area (Å²) in [7, 11) is 0. The first kappa shape index (κ1) is 9.94. The molecule has 2 atom stereocenters. The zero-order valence-electron chi connectivity index (χ0n) is 8.35. The highest BCUT2D eigenvalue weighted by molar-refractivity contribution is 5.44. The minimum atomic E-state index is -0.263. The van der Waals surface area contributed by atoms with Crippen LogP contribution in [0.25, 0.3) is 0 Å². The van der Waals surface area contributed by atoms with Gasteiger partial charge in [-0.25, -0.2) is 4.98 Å².